The summed E-state index contributed by atoms with van der Waals surface area (Å²) >= 11 is 0. The van der Waals surface area contributed by atoms with Gasteiger partial charge in [0.05, 0.1) is 16.1 Å². The Balaban J connectivity index is 2.63. The van der Waals surface area contributed by atoms with Crippen LogP contribution in [0, 0.1) is 6.92 Å². The zero-order chi connectivity index (χ0) is 15.8. The first-order valence-electron chi connectivity index (χ1n) is 7.59. The molecule has 0 aliphatic heterocycles. The maximum Gasteiger partial charge on any atom is 0.130 e. The van der Waals surface area contributed by atoms with Gasteiger partial charge in [0.25, 0.3) is 0 Å². The van der Waals surface area contributed by atoms with Crippen molar-refractivity contribution >= 4 is 23.8 Å². The Hall–Kier alpha value is -0.706. The molecule has 0 spiro atoms. The van der Waals surface area contributed by atoms with Crippen molar-refractivity contribution in [1.29, 1.82) is 0 Å². The average molecular weight is 335 g/mol. The summed E-state index contributed by atoms with van der Waals surface area (Å²) in [5, 5.41) is 0. The number of nitrogens with zero attached hydrogens (tertiary/aromatic N) is 2. The molecule has 0 amide bonds. The molecule has 2 nitrogen and oxygen atoms in total. The second kappa shape index (κ2) is 5.83. The maximum atomic E-state index is 5.03. The van der Waals surface area contributed by atoms with Crippen molar-refractivity contribution in [2.75, 3.05) is 0 Å². The van der Waals surface area contributed by atoms with E-state index in [4.69, 9.17) is 9.73 Å². The maximum absolute atomic E-state index is 5.03. The smallest absolute Gasteiger partial charge is 0.130 e. The molecule has 1 aromatic carbocycles. The Morgan fingerprint density at radius 3 is 1.90 bits per heavy atom. The highest BCUT2D eigenvalue weighted by Gasteiger charge is 2.41. The molecule has 0 saturated heterocycles. The predicted molar refractivity (Wildman–Crippen MR) is 101 cm³/mol. The van der Waals surface area contributed by atoms with E-state index in [0.717, 1.165) is 10.7 Å². The molecular formula is C16H27N2PSi2. The molecule has 1 aromatic heterocycles. The fourth-order valence-corrected chi connectivity index (χ4v) is 22.2. The summed E-state index contributed by atoms with van der Waals surface area (Å²) in [7, 11) is -3.08. The molecule has 0 fully saturated rings. The Labute approximate surface area is 132 Å². The zero-order valence-corrected chi connectivity index (χ0v) is 17.2. The van der Waals surface area contributed by atoms with Crippen molar-refractivity contribution in [2.24, 2.45) is 0 Å². The molecule has 2 rings (SSSR count). The summed E-state index contributed by atoms with van der Waals surface area (Å²) in [6, 6.07) is 10.7. The van der Waals surface area contributed by atoms with Crippen LogP contribution < -0.4 is 0 Å². The Morgan fingerprint density at radius 1 is 0.905 bits per heavy atom. The normalized spacial score (nSPS) is 13.8. The minimum atomic E-state index is -1.29. The van der Waals surface area contributed by atoms with E-state index in [2.05, 4.69) is 76.5 Å². The molecule has 1 heterocycles. The first kappa shape index (κ1) is 16.7. The average Bonchev–Trinajstić information content (AvgIpc) is 2.68. The van der Waals surface area contributed by atoms with E-state index in [1.807, 2.05) is 0 Å². The highest BCUT2D eigenvalue weighted by molar-refractivity contribution is 7.56. The first-order valence-corrected chi connectivity index (χ1v) is 16.1. The monoisotopic (exact) mass is 334 g/mol. The van der Waals surface area contributed by atoms with Crippen LogP contribution in [0.2, 0.25) is 39.3 Å². The third kappa shape index (κ3) is 3.74. The number of hydrogen-bond acceptors (Lipinski definition) is 2. The van der Waals surface area contributed by atoms with Crippen molar-refractivity contribution < 1.29 is 0 Å². The van der Waals surface area contributed by atoms with Gasteiger partial charge in [0.15, 0.2) is 0 Å². The van der Waals surface area contributed by atoms with Gasteiger partial charge >= 0.3 is 0 Å². The lowest BCUT2D eigenvalue weighted by atomic mass is 10.2. The highest BCUT2D eigenvalue weighted by atomic mass is 31.1. The Bertz CT molecular complexity index is 595. The number of rotatable bonds is 4. The van der Waals surface area contributed by atoms with Crippen molar-refractivity contribution in [3.05, 3.63) is 36.2 Å². The molecule has 0 radical (unpaired) electrons. The van der Waals surface area contributed by atoms with Gasteiger partial charge in [-0.2, -0.15) is 0 Å². The fraction of sp³-hybridized carbons (Fsp3) is 0.500. The van der Waals surface area contributed by atoms with E-state index >= 15 is 0 Å². The van der Waals surface area contributed by atoms with Gasteiger partial charge in [-0.25, -0.2) is 9.73 Å². The van der Waals surface area contributed by atoms with Crippen LogP contribution >= 0.6 is 7.69 Å². The Kier molecular flexibility index (Phi) is 4.62. The summed E-state index contributed by atoms with van der Waals surface area (Å²) in [5.41, 5.74) is 2.53. The van der Waals surface area contributed by atoms with Gasteiger partial charge in [-0.3, -0.25) is 0 Å². The number of benzene rings is 1. The molecule has 1 unspecified atom stereocenters. The standard InChI is InChI=1S/C16H27N2PSi2/c1-13-17-15(14-11-9-8-10-12-14)19(18-13)16(20(2,3)4)21(5,6)7/h8-12,16H,1-7H3. The molecule has 5 heteroatoms. The zero-order valence-electron chi connectivity index (χ0n) is 14.3. The molecule has 0 N–H and O–H groups in total. The molecule has 0 bridgehead atoms. The van der Waals surface area contributed by atoms with E-state index in [1.54, 1.807) is 0 Å². The van der Waals surface area contributed by atoms with Crippen LogP contribution in [-0.4, -0.2) is 25.9 Å². The lowest BCUT2D eigenvalue weighted by Gasteiger charge is -2.37. The van der Waals surface area contributed by atoms with Gasteiger partial charge in [-0.15, -0.1) is 0 Å². The molecule has 1 atom stereocenters. The minimum absolute atomic E-state index is 0.502. The second-order valence-electron chi connectivity index (χ2n) is 7.93. The quantitative estimate of drug-likeness (QED) is 0.667. The second-order valence-corrected chi connectivity index (χ2v) is 21.9. The molecular weight excluding hydrogens is 307 g/mol. The van der Waals surface area contributed by atoms with Gasteiger partial charge in [0, 0.05) is 10.5 Å². The van der Waals surface area contributed by atoms with Crippen LogP contribution in [0.25, 0.3) is 11.0 Å². The topological polar surface area (TPSA) is 25.8 Å². The molecule has 114 valence electrons. The van der Waals surface area contributed by atoms with E-state index in [9.17, 15) is 0 Å². The SMILES string of the molecule is Cc1nc(-c2ccccc2)p(C([Si](C)(C)C)[Si](C)(C)C)n1. The van der Waals surface area contributed by atoms with E-state index in [1.165, 1.54) is 11.0 Å². The van der Waals surface area contributed by atoms with Crippen molar-refractivity contribution in [2.45, 2.75) is 51.1 Å². The van der Waals surface area contributed by atoms with E-state index < -0.39 is 23.8 Å². The number of aromatic nitrogens is 2. The molecule has 0 aliphatic carbocycles. The summed E-state index contributed by atoms with van der Waals surface area (Å²) in [6.45, 7) is 17.1. The van der Waals surface area contributed by atoms with Crippen molar-refractivity contribution in [3.8, 4) is 11.0 Å². The largest absolute Gasteiger partial charge is 0.227 e. The number of aryl methyl sites for hydroxylation is 1. The van der Waals surface area contributed by atoms with Crippen molar-refractivity contribution in [3.63, 3.8) is 0 Å². The highest BCUT2D eigenvalue weighted by Crippen LogP contribution is 2.54. The van der Waals surface area contributed by atoms with Gasteiger partial charge in [0.1, 0.15) is 11.3 Å². The minimum Gasteiger partial charge on any atom is -0.227 e. The van der Waals surface area contributed by atoms with Gasteiger partial charge < -0.3 is 0 Å². The van der Waals surface area contributed by atoms with E-state index in [-0.39, 0.29) is 0 Å². The van der Waals surface area contributed by atoms with E-state index in [0.29, 0.717) is 0 Å². The summed E-state index contributed by atoms with van der Waals surface area (Å²) in [5.74, 6) is 0.974. The summed E-state index contributed by atoms with van der Waals surface area (Å²) in [4.78, 5) is 5.60. The van der Waals surface area contributed by atoms with Crippen LogP contribution in [0.4, 0.5) is 0 Å². The molecule has 21 heavy (non-hydrogen) atoms. The molecule has 0 saturated carbocycles. The van der Waals surface area contributed by atoms with Crippen molar-refractivity contribution in [1.82, 2.24) is 9.73 Å². The molecule has 2 aromatic rings. The molecule has 0 aliphatic rings. The van der Waals surface area contributed by atoms with Gasteiger partial charge in [0.2, 0.25) is 0 Å². The van der Waals surface area contributed by atoms with Gasteiger partial charge in [-0.05, 0) is 14.6 Å². The van der Waals surface area contributed by atoms with Gasteiger partial charge in [-0.1, -0.05) is 69.6 Å². The summed E-state index contributed by atoms with van der Waals surface area (Å²) in [6.07, 6.45) is 0. The third-order valence-electron chi connectivity index (χ3n) is 3.65. The lowest BCUT2D eigenvalue weighted by Crippen LogP contribution is -2.43. The Morgan fingerprint density at radius 2 is 1.43 bits per heavy atom. The van der Waals surface area contributed by atoms with Crippen LogP contribution in [0.5, 0.6) is 0 Å². The first-order chi connectivity index (χ1) is 9.60. The van der Waals surface area contributed by atoms with Crippen LogP contribution in [0.15, 0.2) is 30.3 Å². The number of hydrogen-bond donors (Lipinski definition) is 0. The predicted octanol–water partition coefficient (Wildman–Crippen LogP) is 5.73. The van der Waals surface area contributed by atoms with Crippen LogP contribution in [0.3, 0.4) is 0 Å². The fourth-order valence-electron chi connectivity index (χ4n) is 3.43. The summed E-state index contributed by atoms with van der Waals surface area (Å²) < 4.78 is 5.03. The van der Waals surface area contributed by atoms with Crippen LogP contribution in [0.1, 0.15) is 10.7 Å². The van der Waals surface area contributed by atoms with Crippen LogP contribution in [-0.2, 0) is 0 Å². The lowest BCUT2D eigenvalue weighted by molar-refractivity contribution is 1.17. The third-order valence-corrected chi connectivity index (χ3v) is 20.0.